The number of nitrogens with zero attached hydrogens (tertiary/aromatic N) is 1. The maximum absolute atomic E-state index is 12.3. The summed E-state index contributed by atoms with van der Waals surface area (Å²) in [6.45, 7) is 3.82. The van der Waals surface area contributed by atoms with Crippen LogP contribution in [0.25, 0.3) is 11.1 Å². The van der Waals surface area contributed by atoms with E-state index in [-0.39, 0.29) is 10.1 Å². The second-order valence-corrected chi connectivity index (χ2v) is 7.95. The van der Waals surface area contributed by atoms with Gasteiger partial charge < -0.3 is 10.1 Å². The molecule has 0 amide bonds. The highest BCUT2D eigenvalue weighted by molar-refractivity contribution is 7.92. The average molecular weight is 336 g/mol. The standard InChI is InChI=1S/C15H16N2O3S2/c1-9(2)14-16-13-12(8-21-15(13)22(18,19)17-14)10-4-6-11(20-3)7-5-10/h4-9H,1-3H3,(H,16,17). The van der Waals surface area contributed by atoms with Gasteiger partial charge in [0.05, 0.1) is 12.8 Å². The van der Waals surface area contributed by atoms with Crippen LogP contribution in [0, 0.1) is 5.92 Å². The molecule has 0 saturated heterocycles. The highest BCUT2D eigenvalue weighted by atomic mass is 32.2. The van der Waals surface area contributed by atoms with Crippen molar-refractivity contribution in [2.45, 2.75) is 18.1 Å². The van der Waals surface area contributed by atoms with Gasteiger partial charge in [0.15, 0.2) is 4.21 Å². The van der Waals surface area contributed by atoms with Gasteiger partial charge in [-0.3, -0.25) is 0 Å². The van der Waals surface area contributed by atoms with Crippen LogP contribution in [0.2, 0.25) is 0 Å². The van der Waals surface area contributed by atoms with Crippen LogP contribution in [0.15, 0.2) is 38.3 Å². The second kappa shape index (κ2) is 5.40. The number of amidine groups is 1. The fourth-order valence-electron chi connectivity index (χ4n) is 2.20. The second-order valence-electron chi connectivity index (χ2n) is 5.27. The zero-order valence-corrected chi connectivity index (χ0v) is 14.1. The molecule has 1 aromatic carbocycles. The van der Waals surface area contributed by atoms with E-state index in [0.717, 1.165) is 16.9 Å². The van der Waals surface area contributed by atoms with E-state index in [0.29, 0.717) is 11.5 Å². The topological polar surface area (TPSA) is 67.8 Å². The molecule has 0 bridgehead atoms. The van der Waals surface area contributed by atoms with Crippen LogP contribution < -0.4 is 10.1 Å². The van der Waals surface area contributed by atoms with Gasteiger partial charge in [-0.2, -0.15) is 8.42 Å². The molecule has 3 rings (SSSR count). The van der Waals surface area contributed by atoms with E-state index >= 15 is 0 Å². The number of benzene rings is 1. The fraction of sp³-hybridized carbons (Fsp3) is 0.267. The number of rotatable bonds is 3. The Morgan fingerprint density at radius 1 is 1.23 bits per heavy atom. The van der Waals surface area contributed by atoms with E-state index in [1.54, 1.807) is 7.11 Å². The Labute approximate surface area is 133 Å². The third-order valence-electron chi connectivity index (χ3n) is 3.41. The lowest BCUT2D eigenvalue weighted by Gasteiger charge is -2.19. The van der Waals surface area contributed by atoms with Crippen LogP contribution in [0.3, 0.4) is 0 Å². The molecule has 1 aromatic heterocycles. The molecule has 0 spiro atoms. The first-order chi connectivity index (χ1) is 10.4. The smallest absolute Gasteiger partial charge is 0.295 e. The van der Waals surface area contributed by atoms with E-state index in [1.807, 2.05) is 43.5 Å². The summed E-state index contributed by atoms with van der Waals surface area (Å²) in [7, 11) is -2.00. The molecule has 116 valence electrons. The molecule has 5 nitrogen and oxygen atoms in total. The van der Waals surface area contributed by atoms with Crippen molar-refractivity contribution in [3.8, 4) is 16.9 Å². The Balaban J connectivity index is 2.10. The van der Waals surface area contributed by atoms with Crippen molar-refractivity contribution in [1.29, 1.82) is 0 Å². The predicted octanol–water partition coefficient (Wildman–Crippen LogP) is 3.59. The van der Waals surface area contributed by atoms with Crippen molar-refractivity contribution < 1.29 is 13.2 Å². The van der Waals surface area contributed by atoms with E-state index in [9.17, 15) is 8.42 Å². The summed E-state index contributed by atoms with van der Waals surface area (Å²) in [5, 5.41) is 5.02. The Bertz CT molecular complexity index is 834. The van der Waals surface area contributed by atoms with Gasteiger partial charge in [-0.1, -0.05) is 26.0 Å². The van der Waals surface area contributed by atoms with Crippen molar-refractivity contribution in [1.82, 2.24) is 0 Å². The zero-order chi connectivity index (χ0) is 15.9. The molecule has 0 fully saturated rings. The van der Waals surface area contributed by atoms with Crippen LogP contribution >= 0.6 is 11.3 Å². The number of thiophene rings is 1. The van der Waals surface area contributed by atoms with Crippen LogP contribution in [0.1, 0.15) is 13.8 Å². The zero-order valence-electron chi connectivity index (χ0n) is 12.5. The fourth-order valence-corrected chi connectivity index (χ4v) is 4.72. The van der Waals surface area contributed by atoms with Crippen LogP contribution in [0.5, 0.6) is 5.75 Å². The molecular weight excluding hydrogens is 320 g/mol. The van der Waals surface area contributed by atoms with Gasteiger partial charge in [-0.25, -0.2) is 0 Å². The molecule has 1 aliphatic rings. The van der Waals surface area contributed by atoms with Gasteiger partial charge in [0.1, 0.15) is 11.6 Å². The molecule has 0 saturated carbocycles. The van der Waals surface area contributed by atoms with Gasteiger partial charge >= 0.3 is 0 Å². The minimum absolute atomic E-state index is 0.00606. The first kappa shape index (κ1) is 15.1. The minimum Gasteiger partial charge on any atom is -0.497 e. The summed E-state index contributed by atoms with van der Waals surface area (Å²) in [5.74, 6) is 1.24. The highest BCUT2D eigenvalue weighted by Gasteiger charge is 2.30. The summed E-state index contributed by atoms with van der Waals surface area (Å²) in [6, 6.07) is 7.54. The lowest BCUT2D eigenvalue weighted by atomic mass is 10.1. The van der Waals surface area contributed by atoms with Crippen molar-refractivity contribution in [2.75, 3.05) is 12.4 Å². The number of sulfonamides is 1. The Morgan fingerprint density at radius 2 is 1.91 bits per heavy atom. The Morgan fingerprint density at radius 3 is 2.50 bits per heavy atom. The SMILES string of the molecule is COc1ccc(-c2csc3c2NC(C(C)C)=NS3(=O)=O)cc1. The van der Waals surface area contributed by atoms with Gasteiger partial charge in [0.25, 0.3) is 10.0 Å². The molecule has 22 heavy (non-hydrogen) atoms. The van der Waals surface area contributed by atoms with Crippen LogP contribution in [-0.4, -0.2) is 21.4 Å². The average Bonchev–Trinajstić information content (AvgIpc) is 2.91. The van der Waals surface area contributed by atoms with E-state index in [4.69, 9.17) is 4.74 Å². The normalized spacial score (nSPS) is 15.9. The molecular formula is C15H16N2O3S2. The number of hydrogen-bond acceptors (Lipinski definition) is 5. The molecule has 0 aliphatic carbocycles. The molecule has 1 aliphatic heterocycles. The van der Waals surface area contributed by atoms with Crippen LogP contribution in [0.4, 0.5) is 5.69 Å². The molecule has 1 N–H and O–H groups in total. The summed E-state index contributed by atoms with van der Waals surface area (Å²) < 4.78 is 33.9. The van der Waals surface area contributed by atoms with Crippen molar-refractivity contribution in [2.24, 2.45) is 10.3 Å². The summed E-state index contributed by atoms with van der Waals surface area (Å²) in [4.78, 5) is 0. The first-order valence-corrected chi connectivity index (χ1v) is 9.12. The van der Waals surface area contributed by atoms with E-state index < -0.39 is 10.0 Å². The lowest BCUT2D eigenvalue weighted by Crippen LogP contribution is -2.25. The molecule has 2 aromatic rings. The number of ether oxygens (including phenoxy) is 1. The molecule has 7 heteroatoms. The number of anilines is 1. The third-order valence-corrected chi connectivity index (χ3v) is 6.21. The maximum Gasteiger partial charge on any atom is 0.295 e. The number of methoxy groups -OCH3 is 1. The molecule has 0 unspecified atom stereocenters. The third kappa shape index (κ3) is 2.50. The van der Waals surface area contributed by atoms with E-state index in [2.05, 4.69) is 9.71 Å². The van der Waals surface area contributed by atoms with Crippen molar-refractivity contribution in [3.63, 3.8) is 0 Å². The Kier molecular flexibility index (Phi) is 3.70. The molecule has 2 heterocycles. The molecule has 0 radical (unpaired) electrons. The first-order valence-electron chi connectivity index (χ1n) is 6.80. The van der Waals surface area contributed by atoms with Crippen LogP contribution in [-0.2, 0) is 10.0 Å². The highest BCUT2D eigenvalue weighted by Crippen LogP contribution is 2.42. The van der Waals surface area contributed by atoms with Gasteiger partial charge in [0.2, 0.25) is 0 Å². The minimum atomic E-state index is -3.62. The lowest BCUT2D eigenvalue weighted by molar-refractivity contribution is 0.415. The summed E-state index contributed by atoms with van der Waals surface area (Å²) in [6.07, 6.45) is 0. The Hall–Kier alpha value is -1.86. The largest absolute Gasteiger partial charge is 0.497 e. The predicted molar refractivity (Wildman–Crippen MR) is 89.4 cm³/mol. The van der Waals surface area contributed by atoms with E-state index in [1.165, 1.54) is 11.3 Å². The quantitative estimate of drug-likeness (QED) is 0.930. The van der Waals surface area contributed by atoms with Gasteiger partial charge in [0, 0.05) is 16.9 Å². The maximum atomic E-state index is 12.3. The molecule has 0 atom stereocenters. The monoisotopic (exact) mass is 336 g/mol. The number of fused-ring (bicyclic) bond motifs is 1. The summed E-state index contributed by atoms with van der Waals surface area (Å²) in [5.41, 5.74) is 2.42. The van der Waals surface area contributed by atoms with Crippen molar-refractivity contribution in [3.05, 3.63) is 29.6 Å². The summed E-state index contributed by atoms with van der Waals surface area (Å²) >= 11 is 1.19. The number of hydrogen-bond donors (Lipinski definition) is 1. The van der Waals surface area contributed by atoms with Gasteiger partial charge in [-0.05, 0) is 17.7 Å². The van der Waals surface area contributed by atoms with Gasteiger partial charge in [-0.15, -0.1) is 15.7 Å². The number of nitrogens with one attached hydrogen (secondary N) is 1. The van der Waals surface area contributed by atoms with Crippen molar-refractivity contribution >= 4 is 32.9 Å².